The Hall–Kier alpha value is -3.44. The highest BCUT2D eigenvalue weighted by Crippen LogP contribution is 2.49. The predicted octanol–water partition coefficient (Wildman–Crippen LogP) is 7.10. The van der Waals surface area contributed by atoms with Crippen LogP contribution in [0.2, 0.25) is 5.02 Å². The Morgan fingerprint density at radius 2 is 1.78 bits per heavy atom. The second-order valence-corrected chi connectivity index (χ2v) is 10.8. The number of anilines is 1. The van der Waals surface area contributed by atoms with Crippen LogP contribution in [-0.4, -0.2) is 17.4 Å². The predicted molar refractivity (Wildman–Crippen MR) is 143 cm³/mol. The van der Waals surface area contributed by atoms with Gasteiger partial charge in [0.25, 0.3) is 0 Å². The van der Waals surface area contributed by atoms with Crippen molar-refractivity contribution < 1.29 is 14.3 Å². The van der Waals surface area contributed by atoms with Gasteiger partial charge in [0, 0.05) is 24.1 Å². The average Bonchev–Trinajstić information content (AvgIpc) is 2.97. The van der Waals surface area contributed by atoms with Crippen LogP contribution in [-0.2, 0) is 16.2 Å². The molecule has 1 fully saturated rings. The maximum Gasteiger partial charge on any atom is 0.224 e. The van der Waals surface area contributed by atoms with Gasteiger partial charge in [-0.25, -0.2) is 0 Å². The van der Waals surface area contributed by atoms with Crippen molar-refractivity contribution in [3.63, 3.8) is 0 Å². The fraction of sp³-hybridized carbons (Fsp3) is 0.300. The molecule has 184 valence electrons. The number of carbonyl (C=O) groups is 2. The van der Waals surface area contributed by atoms with Crippen LogP contribution in [0.3, 0.4) is 0 Å². The molecule has 0 bridgehead atoms. The molecular weight excluding hydrogens is 472 g/mol. The molecule has 1 amide bonds. The highest BCUT2D eigenvalue weighted by Gasteiger charge is 2.47. The van der Waals surface area contributed by atoms with E-state index >= 15 is 0 Å². The van der Waals surface area contributed by atoms with Crippen LogP contribution >= 0.6 is 11.6 Å². The van der Waals surface area contributed by atoms with Crippen molar-refractivity contribution in [2.24, 2.45) is 16.3 Å². The summed E-state index contributed by atoms with van der Waals surface area (Å²) in [5.41, 5.74) is 3.75. The van der Waals surface area contributed by atoms with Crippen molar-refractivity contribution in [3.8, 4) is 5.75 Å². The molecule has 36 heavy (non-hydrogen) atoms. The number of carbonyl (C=O) groups excluding carboxylic acids is 2. The number of para-hydroxylation sites is 2. The van der Waals surface area contributed by atoms with Crippen molar-refractivity contribution in [1.82, 2.24) is 0 Å². The number of aliphatic imine (C=N–C) groups is 1. The van der Waals surface area contributed by atoms with Gasteiger partial charge in [-0.05, 0) is 47.2 Å². The van der Waals surface area contributed by atoms with Gasteiger partial charge in [0.1, 0.15) is 18.1 Å². The number of ether oxygens (including phenoxy) is 1. The first kappa shape index (κ1) is 24.3. The molecule has 0 saturated heterocycles. The first-order valence-corrected chi connectivity index (χ1v) is 12.6. The van der Waals surface area contributed by atoms with Crippen molar-refractivity contribution in [2.45, 2.75) is 46.3 Å². The van der Waals surface area contributed by atoms with E-state index in [0.717, 1.165) is 11.3 Å². The van der Waals surface area contributed by atoms with Crippen LogP contribution in [0.15, 0.2) is 77.8 Å². The first-order chi connectivity index (χ1) is 17.2. The molecule has 1 aliphatic carbocycles. The molecule has 6 heteroatoms. The SMILES string of the molecule is CC(=O)N1c2ccccc2N=C2CC(C)(C)CC(=O)C2[C@H]1c1ccc(OCc2ccccc2)cc1Cl. The largest absolute Gasteiger partial charge is 0.489 e. The summed E-state index contributed by atoms with van der Waals surface area (Å²) in [7, 11) is 0. The molecule has 1 unspecified atom stereocenters. The molecule has 3 aromatic carbocycles. The third-order valence-corrected chi connectivity index (χ3v) is 7.22. The molecular formula is C30H29ClN2O3. The number of amides is 1. The molecule has 1 aliphatic heterocycles. The number of benzene rings is 3. The Balaban J connectivity index is 1.58. The average molecular weight is 501 g/mol. The number of hydrogen-bond donors (Lipinski definition) is 0. The van der Waals surface area contributed by atoms with E-state index in [4.69, 9.17) is 21.3 Å². The monoisotopic (exact) mass is 500 g/mol. The van der Waals surface area contributed by atoms with E-state index in [9.17, 15) is 9.59 Å². The van der Waals surface area contributed by atoms with Gasteiger partial charge in [-0.15, -0.1) is 0 Å². The van der Waals surface area contributed by atoms with Crippen LogP contribution in [0.1, 0.15) is 50.8 Å². The van der Waals surface area contributed by atoms with Gasteiger partial charge in [-0.3, -0.25) is 14.6 Å². The lowest BCUT2D eigenvalue weighted by atomic mass is 9.68. The molecule has 1 heterocycles. The van der Waals surface area contributed by atoms with Gasteiger partial charge < -0.3 is 9.64 Å². The summed E-state index contributed by atoms with van der Waals surface area (Å²) < 4.78 is 5.97. The number of nitrogens with zero attached hydrogens (tertiary/aromatic N) is 2. The minimum absolute atomic E-state index is 0.0783. The molecule has 0 spiro atoms. The Morgan fingerprint density at radius 1 is 1.06 bits per heavy atom. The highest BCUT2D eigenvalue weighted by atomic mass is 35.5. The first-order valence-electron chi connectivity index (χ1n) is 12.2. The minimum Gasteiger partial charge on any atom is -0.489 e. The van der Waals surface area contributed by atoms with E-state index in [1.165, 1.54) is 6.92 Å². The quantitative estimate of drug-likeness (QED) is 0.383. The number of rotatable bonds is 4. The number of fused-ring (bicyclic) bond motifs is 2. The third kappa shape index (κ3) is 4.68. The molecule has 0 radical (unpaired) electrons. The van der Waals surface area contributed by atoms with Gasteiger partial charge in [-0.2, -0.15) is 0 Å². The lowest BCUT2D eigenvalue weighted by molar-refractivity contribution is -0.124. The van der Waals surface area contributed by atoms with E-state index in [2.05, 4.69) is 13.8 Å². The summed E-state index contributed by atoms with van der Waals surface area (Å²) in [6, 6.07) is 22.4. The lowest BCUT2D eigenvalue weighted by Gasteiger charge is -2.41. The molecule has 1 saturated carbocycles. The van der Waals surface area contributed by atoms with Gasteiger partial charge >= 0.3 is 0 Å². The van der Waals surface area contributed by atoms with E-state index in [-0.39, 0.29) is 17.1 Å². The Morgan fingerprint density at radius 3 is 2.50 bits per heavy atom. The normalized spacial score (nSPS) is 20.6. The van der Waals surface area contributed by atoms with Crippen LogP contribution in [0.5, 0.6) is 5.75 Å². The maximum absolute atomic E-state index is 13.7. The fourth-order valence-corrected chi connectivity index (χ4v) is 5.66. The number of hydrogen-bond acceptors (Lipinski definition) is 4. The van der Waals surface area contributed by atoms with Gasteiger partial charge in [-0.1, -0.05) is 74.0 Å². The Labute approximate surface area is 216 Å². The Kier molecular flexibility index (Phi) is 6.44. The third-order valence-electron chi connectivity index (χ3n) is 6.90. The van der Waals surface area contributed by atoms with Crippen molar-refractivity contribution in [3.05, 3.63) is 88.9 Å². The number of halogens is 1. The zero-order valence-electron chi connectivity index (χ0n) is 20.7. The van der Waals surface area contributed by atoms with Crippen LogP contribution in [0.4, 0.5) is 11.4 Å². The van der Waals surface area contributed by atoms with Crippen LogP contribution < -0.4 is 9.64 Å². The van der Waals surface area contributed by atoms with E-state index < -0.39 is 12.0 Å². The van der Waals surface area contributed by atoms with E-state index in [0.29, 0.717) is 47.2 Å². The molecule has 0 N–H and O–H groups in total. The minimum atomic E-state index is -0.593. The summed E-state index contributed by atoms with van der Waals surface area (Å²) >= 11 is 6.86. The van der Waals surface area contributed by atoms with E-state index in [1.54, 1.807) is 11.0 Å². The summed E-state index contributed by atoms with van der Waals surface area (Å²) in [6.07, 6.45) is 1.10. The van der Waals surface area contributed by atoms with Crippen LogP contribution in [0.25, 0.3) is 0 Å². The summed E-state index contributed by atoms with van der Waals surface area (Å²) in [4.78, 5) is 33.4. The van der Waals surface area contributed by atoms with Crippen LogP contribution in [0, 0.1) is 11.3 Å². The summed E-state index contributed by atoms with van der Waals surface area (Å²) in [5, 5.41) is 0.452. The van der Waals surface area contributed by atoms with Crippen molar-refractivity contribution in [2.75, 3.05) is 4.90 Å². The summed E-state index contributed by atoms with van der Waals surface area (Å²) in [5.74, 6) is -0.0274. The summed E-state index contributed by atoms with van der Waals surface area (Å²) in [6.45, 7) is 6.12. The molecule has 0 aromatic heterocycles. The zero-order valence-corrected chi connectivity index (χ0v) is 21.5. The second kappa shape index (κ2) is 9.55. The van der Waals surface area contributed by atoms with Gasteiger partial charge in [0.05, 0.1) is 23.3 Å². The fourth-order valence-electron chi connectivity index (χ4n) is 5.38. The highest BCUT2D eigenvalue weighted by molar-refractivity contribution is 6.31. The molecule has 2 aliphatic rings. The standard InChI is InChI=1S/C30H29ClN2O3/c1-19(34)33-26-12-8-7-11-24(26)32-25-16-30(2,3)17-27(35)28(25)29(33)22-14-13-21(15-23(22)31)36-18-20-9-5-4-6-10-20/h4-15,28-29H,16-18H2,1-3H3/t28?,29-/m1/s1. The molecule has 5 nitrogen and oxygen atoms in total. The second-order valence-electron chi connectivity index (χ2n) is 10.3. The number of Topliss-reactive ketones (excluding diaryl/α,β-unsaturated/α-hetero) is 1. The smallest absolute Gasteiger partial charge is 0.224 e. The molecule has 5 rings (SSSR count). The lowest BCUT2D eigenvalue weighted by Crippen LogP contribution is -2.47. The van der Waals surface area contributed by atoms with Gasteiger partial charge in [0.2, 0.25) is 5.91 Å². The maximum atomic E-state index is 13.7. The Bertz CT molecular complexity index is 1350. The molecule has 3 aromatic rings. The zero-order chi connectivity index (χ0) is 25.4. The van der Waals surface area contributed by atoms with E-state index in [1.807, 2.05) is 66.7 Å². The van der Waals surface area contributed by atoms with Gasteiger partial charge in [0.15, 0.2) is 0 Å². The number of ketones is 1. The van der Waals surface area contributed by atoms with Crippen molar-refractivity contribution in [1.29, 1.82) is 0 Å². The van der Waals surface area contributed by atoms with Crippen molar-refractivity contribution >= 4 is 40.4 Å². The molecule has 2 atom stereocenters. The topological polar surface area (TPSA) is 59.0 Å².